The van der Waals surface area contributed by atoms with Crippen molar-refractivity contribution in [3.05, 3.63) is 130 Å². The second-order valence-electron chi connectivity index (χ2n) is 18.1. The third-order valence-electron chi connectivity index (χ3n) is 13.4. The quantitative estimate of drug-likeness (QED) is 0.0774. The Morgan fingerprint density at radius 1 is 1.01 bits per heavy atom. The van der Waals surface area contributed by atoms with E-state index in [1.165, 1.54) is 30.6 Å². The number of ether oxygens (including phenoxy) is 5. The van der Waals surface area contributed by atoms with Gasteiger partial charge in [-0.3, -0.25) is 15.2 Å². The number of carboxylic acid groups (broad SMARTS) is 1. The van der Waals surface area contributed by atoms with E-state index in [1.54, 1.807) is 54.6 Å². The van der Waals surface area contributed by atoms with Crippen LogP contribution >= 0.6 is 0 Å². The van der Waals surface area contributed by atoms with Crippen molar-refractivity contribution in [2.24, 2.45) is 20.9 Å². The molecule has 71 heavy (non-hydrogen) atoms. The number of carbonyl (C=O) groups is 2. The van der Waals surface area contributed by atoms with Gasteiger partial charge in [0, 0.05) is 36.7 Å². The summed E-state index contributed by atoms with van der Waals surface area (Å²) < 4.78 is 30.9. The van der Waals surface area contributed by atoms with E-state index in [1.807, 2.05) is 19.1 Å². The summed E-state index contributed by atoms with van der Waals surface area (Å²) in [6.45, 7) is 2.02. The number of aliphatic imine (C=N–C) groups is 3. The molecule has 5 aliphatic heterocycles. The lowest BCUT2D eigenvalue weighted by molar-refractivity contribution is -0.338. The number of hydrogen-bond acceptors (Lipinski definition) is 16. The number of aliphatic hydroxyl groups is 4. The Bertz CT molecular complexity index is 3050. The maximum absolute atomic E-state index is 13.3. The molecule has 5 heterocycles. The maximum Gasteiger partial charge on any atom is 0.336 e. The second-order valence-corrected chi connectivity index (χ2v) is 18.1. The molecule has 4 aromatic rings. The summed E-state index contributed by atoms with van der Waals surface area (Å²) in [4.78, 5) is 38.8. The average molecular weight is 969 g/mol. The molecule has 1 fully saturated rings. The number of amidine groups is 1. The van der Waals surface area contributed by atoms with E-state index in [0.29, 0.717) is 59.0 Å². The molecule has 19 nitrogen and oxygen atoms in total. The number of aliphatic hydroxyl groups excluding tert-OH is 2. The standard InChI is InChI=1S/C52H49N5O14/c1-2-26-14-27(16-32(58)15-26)24-68-46-41(20-40-43(45(46)61)38(60)19-39(69-40)28-6-9-34(10-7-28)67-13-12-31-8-11-42(53)57-31)70-50-51(65)21-30(17-29-4-3-5-36-35(29)18-33(59)22-55-36)44(37-23-54-25-56-37)52(66,49(51)64)47(71-50)48(62)63/h3-11,14-16,19-21,25,39,44,47,49-50,53,55,58,60-61,64-66H,2,12-13,17-18,22-24H2,1H3,(H,62,63)/p+1. The van der Waals surface area contributed by atoms with E-state index in [4.69, 9.17) is 29.1 Å². The van der Waals surface area contributed by atoms with Crippen LogP contribution in [0.2, 0.25) is 0 Å². The lowest BCUT2D eigenvalue weighted by Gasteiger charge is -2.57. The zero-order valence-corrected chi connectivity index (χ0v) is 38.2. The van der Waals surface area contributed by atoms with E-state index < -0.39 is 70.7 Å². The van der Waals surface area contributed by atoms with E-state index >= 15 is 0 Å². The highest BCUT2D eigenvalue weighted by molar-refractivity contribution is 6.13. The average Bonchev–Trinajstić information content (AvgIpc) is 4.03. The Balaban J connectivity index is 1.03. The van der Waals surface area contributed by atoms with Crippen LogP contribution in [0.25, 0.3) is 5.76 Å². The number of nitrogens with two attached hydrogens (primary N) is 1. The Morgan fingerprint density at radius 2 is 1.82 bits per heavy atom. The lowest BCUT2D eigenvalue weighted by Crippen LogP contribution is -2.79. The number of Topliss-reactive ketones (excluding diaryl/α,β-unsaturated/α-hetero) is 1. The molecule has 1 aliphatic carbocycles. The van der Waals surface area contributed by atoms with E-state index in [0.717, 1.165) is 11.3 Å². The molecule has 1 saturated heterocycles. The molecule has 366 valence electrons. The largest absolute Gasteiger partial charge is 0.508 e. The molecular weight excluding hydrogens is 919 g/mol. The normalized spacial score (nSPS) is 26.0. The van der Waals surface area contributed by atoms with Gasteiger partial charge in [-0.25, -0.2) is 9.79 Å². The zero-order valence-electron chi connectivity index (χ0n) is 38.2. The topological polar surface area (TPSA) is 297 Å². The minimum Gasteiger partial charge on any atom is -0.508 e. The Hall–Kier alpha value is -7.84. The predicted octanol–water partition coefficient (Wildman–Crippen LogP) is 3.04. The molecule has 0 amide bonds. The molecule has 2 bridgehead atoms. The van der Waals surface area contributed by atoms with Crippen molar-refractivity contribution >= 4 is 46.8 Å². The summed E-state index contributed by atoms with van der Waals surface area (Å²) in [7, 11) is 0. The van der Waals surface area contributed by atoms with Crippen molar-refractivity contribution in [1.82, 2.24) is 0 Å². The Morgan fingerprint density at radius 3 is 2.55 bits per heavy atom. The Kier molecular flexibility index (Phi) is 12.2. The number of hydrogen-bond donors (Lipinski definition) is 9. The molecule has 6 aliphatic rings. The molecule has 4 aromatic carbocycles. The van der Waals surface area contributed by atoms with E-state index in [2.05, 4.69) is 20.3 Å². The molecule has 7 atom stereocenters. The number of aromatic hydroxyl groups is 2. The number of aliphatic carboxylic acids is 1. The van der Waals surface area contributed by atoms with Gasteiger partial charge in [-0.15, -0.1) is 0 Å². The fourth-order valence-corrected chi connectivity index (χ4v) is 10.1. The van der Waals surface area contributed by atoms with Crippen molar-refractivity contribution < 1.29 is 74.4 Å². The first-order chi connectivity index (χ1) is 34.1. The number of benzene rings is 4. The van der Waals surface area contributed by atoms with Gasteiger partial charge in [0.1, 0.15) is 59.3 Å². The van der Waals surface area contributed by atoms with Crippen LogP contribution < -0.4 is 29.7 Å². The summed E-state index contributed by atoms with van der Waals surface area (Å²) in [6, 6.07) is 18.3. The fraction of sp³-hybridized carbons (Fsp3) is 0.308. The minimum atomic E-state index is -2.79. The number of nitrogens with one attached hydrogen (secondary N) is 1. The van der Waals surface area contributed by atoms with Crippen molar-refractivity contribution in [2.75, 3.05) is 25.0 Å². The molecule has 19 heteroatoms. The fourth-order valence-electron chi connectivity index (χ4n) is 10.1. The van der Waals surface area contributed by atoms with Gasteiger partial charge in [0.15, 0.2) is 34.7 Å². The lowest BCUT2D eigenvalue weighted by atomic mass is 9.60. The number of allylic oxidation sites excluding steroid dienone is 1. The van der Waals surface area contributed by atoms with Gasteiger partial charge in [-0.05, 0) is 88.1 Å². The summed E-state index contributed by atoms with van der Waals surface area (Å²) in [5.74, 6) is -4.26. The van der Waals surface area contributed by atoms with Crippen LogP contribution in [0.3, 0.4) is 0 Å². The third kappa shape index (κ3) is 8.66. The second kappa shape index (κ2) is 18.5. The minimum absolute atomic E-state index is 0.0410. The molecule has 0 aromatic heterocycles. The number of carboxylic acids is 1. The monoisotopic (exact) mass is 968 g/mol. The number of carbonyl (C=O) groups excluding carboxylic acids is 1. The van der Waals surface area contributed by atoms with E-state index in [-0.39, 0.29) is 66.7 Å². The number of aryl methyl sites for hydroxylation is 1. The first-order valence-electron chi connectivity index (χ1n) is 23.0. The van der Waals surface area contributed by atoms with Gasteiger partial charge >= 0.3 is 11.8 Å². The molecule has 10 N–H and O–H groups in total. The van der Waals surface area contributed by atoms with Crippen LogP contribution in [0, 0.1) is 5.92 Å². The van der Waals surface area contributed by atoms with Crippen LogP contribution in [-0.2, 0) is 40.2 Å². The number of ketones is 1. The maximum atomic E-state index is 13.3. The van der Waals surface area contributed by atoms with Crippen molar-refractivity contribution in [3.63, 3.8) is 0 Å². The summed E-state index contributed by atoms with van der Waals surface area (Å²) in [6.07, 6.45) is 0.863. The Labute approximate surface area is 405 Å². The van der Waals surface area contributed by atoms with Crippen LogP contribution in [0.4, 0.5) is 5.69 Å². The van der Waals surface area contributed by atoms with Crippen molar-refractivity contribution in [3.8, 4) is 34.5 Å². The third-order valence-corrected chi connectivity index (χ3v) is 13.4. The highest BCUT2D eigenvalue weighted by Gasteiger charge is 2.71. The molecule has 10 rings (SSSR count). The summed E-state index contributed by atoms with van der Waals surface area (Å²) in [5, 5.41) is 91.6. The highest BCUT2D eigenvalue weighted by atomic mass is 16.7. The SMILES string of the molecule is CCc1cc(O)cc(COc2c(OC3OC(C(=O)O)C4(O)C(C5=NC=NC5)C(Cc5cccc6c5CC(=O)CN6)=CC3(O)C4O)cc3c(c2O)C(O)=CC(c2ccc(OCCC4=NC(=[NH2+])C=C4)cc2)O3)c1. The van der Waals surface area contributed by atoms with Gasteiger partial charge in [-0.1, -0.05) is 42.8 Å². The van der Waals surface area contributed by atoms with Crippen LogP contribution in [0.15, 0.2) is 112 Å². The smallest absolute Gasteiger partial charge is 0.336 e. The first-order valence-corrected chi connectivity index (χ1v) is 23.0. The summed E-state index contributed by atoms with van der Waals surface area (Å²) >= 11 is 0. The number of rotatable bonds is 15. The number of phenolic OH excluding ortho intramolecular Hbond substituents is 2. The van der Waals surface area contributed by atoms with Crippen molar-refractivity contribution in [1.29, 1.82) is 0 Å². The zero-order chi connectivity index (χ0) is 49.8. The number of anilines is 1. The van der Waals surface area contributed by atoms with Gasteiger partial charge < -0.3 is 64.7 Å². The van der Waals surface area contributed by atoms with Gasteiger partial charge in [0.25, 0.3) is 0 Å². The molecular formula is C52H50N5O14+. The molecule has 0 saturated carbocycles. The molecule has 0 spiro atoms. The first kappa shape index (κ1) is 46.9. The number of nitrogens with zero attached hydrogens (tertiary/aromatic N) is 3. The van der Waals surface area contributed by atoms with Crippen LogP contribution in [-0.4, -0.2) is 120 Å². The van der Waals surface area contributed by atoms with Crippen molar-refractivity contribution in [2.45, 2.75) is 75.0 Å². The summed E-state index contributed by atoms with van der Waals surface area (Å²) in [5.41, 5.74) is -0.682. The van der Waals surface area contributed by atoms with Gasteiger partial charge in [0.05, 0.1) is 31.3 Å². The number of fused-ring (bicyclic) bond motifs is 4. The highest BCUT2D eigenvalue weighted by Crippen LogP contribution is 2.54. The van der Waals surface area contributed by atoms with E-state index in [9.17, 15) is 45.3 Å². The van der Waals surface area contributed by atoms with Crippen LogP contribution in [0.5, 0.6) is 34.5 Å². The van der Waals surface area contributed by atoms with Crippen LogP contribution in [0.1, 0.15) is 52.8 Å². The number of phenols is 2. The molecule has 0 radical (unpaired) electrons. The van der Waals surface area contributed by atoms with Gasteiger partial charge in [-0.2, -0.15) is 0 Å². The molecule has 7 unspecified atom stereocenters. The predicted molar refractivity (Wildman–Crippen MR) is 257 cm³/mol. The van der Waals surface area contributed by atoms with Gasteiger partial charge in [0.2, 0.25) is 12.0 Å².